The van der Waals surface area contributed by atoms with Crippen LogP contribution in [0.25, 0.3) is 10.9 Å². The maximum absolute atomic E-state index is 14.4. The zero-order valence-electron chi connectivity index (χ0n) is 14.6. The Hall–Kier alpha value is -2.20. The number of nitrogens with zero attached hydrogens (tertiary/aromatic N) is 2. The fourth-order valence-corrected chi connectivity index (χ4v) is 3.42. The van der Waals surface area contributed by atoms with E-state index in [1.807, 2.05) is 6.07 Å². The molecule has 140 valence electrons. The minimum Gasteiger partial charge on any atom is -0.351 e. The lowest BCUT2D eigenvalue weighted by atomic mass is 10.2. The molecule has 0 atom stereocenters. The predicted octanol–water partition coefficient (Wildman–Crippen LogP) is 4.13. The van der Waals surface area contributed by atoms with E-state index in [2.05, 4.69) is 38.4 Å². The van der Waals surface area contributed by atoms with Crippen LogP contribution in [0.5, 0.6) is 0 Å². The lowest BCUT2D eigenvalue weighted by molar-refractivity contribution is 0.0264. The van der Waals surface area contributed by atoms with Gasteiger partial charge in [-0.25, -0.2) is 9.87 Å². The summed E-state index contributed by atoms with van der Waals surface area (Å²) in [4.78, 5) is 22.3. The van der Waals surface area contributed by atoms with Crippen molar-refractivity contribution in [3.05, 3.63) is 51.7 Å². The second-order valence-electron chi connectivity index (χ2n) is 6.61. The number of halogens is 2. The molecule has 1 saturated carbocycles. The van der Waals surface area contributed by atoms with E-state index in [0.29, 0.717) is 29.6 Å². The van der Waals surface area contributed by atoms with E-state index in [1.165, 1.54) is 6.07 Å². The van der Waals surface area contributed by atoms with Crippen molar-refractivity contribution in [1.82, 2.24) is 15.0 Å². The maximum Gasteiger partial charge on any atom is 0.293 e. The zero-order valence-corrected chi connectivity index (χ0v) is 16.8. The summed E-state index contributed by atoms with van der Waals surface area (Å²) in [6.45, 7) is 0.506. The van der Waals surface area contributed by atoms with Crippen LogP contribution in [-0.4, -0.2) is 22.1 Å². The molecule has 8 heteroatoms. The Morgan fingerprint density at radius 3 is 2.96 bits per heavy atom. The number of hydroxylamine groups is 1. The molecule has 0 radical (unpaired) electrons. The number of benzene rings is 1. The number of carbonyl (C=O) groups is 1. The summed E-state index contributed by atoms with van der Waals surface area (Å²) in [6.07, 6.45) is 5.58. The molecule has 6 nitrogen and oxygen atoms in total. The van der Waals surface area contributed by atoms with Crippen LogP contribution in [0.2, 0.25) is 0 Å². The van der Waals surface area contributed by atoms with Gasteiger partial charge in [-0.1, -0.05) is 0 Å². The molecule has 0 saturated heterocycles. The second kappa shape index (κ2) is 7.43. The summed E-state index contributed by atoms with van der Waals surface area (Å²) >= 11 is 2.05. The number of amides is 1. The molecular formula is C19H18FIN4O2. The summed E-state index contributed by atoms with van der Waals surface area (Å²) in [5, 5.41) is 3.80. The summed E-state index contributed by atoms with van der Waals surface area (Å²) in [7, 11) is 1.79. The average Bonchev–Trinajstić information content (AvgIpc) is 3.42. The normalized spacial score (nSPS) is 13.7. The predicted molar refractivity (Wildman–Crippen MR) is 109 cm³/mol. The first-order valence-electron chi connectivity index (χ1n) is 8.61. The molecule has 0 aliphatic heterocycles. The Balaban J connectivity index is 1.71. The van der Waals surface area contributed by atoms with Gasteiger partial charge in [0.05, 0.1) is 23.5 Å². The minimum absolute atomic E-state index is 0.291. The topological polar surface area (TPSA) is 68.2 Å². The van der Waals surface area contributed by atoms with Crippen LogP contribution in [0.1, 0.15) is 23.3 Å². The fraction of sp³-hybridized carbons (Fsp3) is 0.263. The first-order valence-corrected chi connectivity index (χ1v) is 9.69. The second-order valence-corrected chi connectivity index (χ2v) is 7.86. The van der Waals surface area contributed by atoms with E-state index in [1.54, 1.807) is 36.1 Å². The van der Waals surface area contributed by atoms with Crippen molar-refractivity contribution in [2.24, 2.45) is 13.0 Å². The molecule has 1 aromatic carbocycles. The summed E-state index contributed by atoms with van der Waals surface area (Å²) in [5.74, 6) is -0.248. The maximum atomic E-state index is 14.4. The SMILES string of the molecule is Cn1c(C(=O)NOCC2CC2)c(Nc2ccc(I)cc2F)c2cnccc21. The smallest absolute Gasteiger partial charge is 0.293 e. The summed E-state index contributed by atoms with van der Waals surface area (Å²) < 4.78 is 16.9. The lowest BCUT2D eigenvalue weighted by Gasteiger charge is -2.11. The molecule has 1 amide bonds. The molecule has 4 rings (SSSR count). The highest BCUT2D eigenvalue weighted by atomic mass is 127. The molecule has 27 heavy (non-hydrogen) atoms. The monoisotopic (exact) mass is 480 g/mol. The van der Waals surface area contributed by atoms with E-state index in [-0.39, 0.29) is 11.7 Å². The number of aromatic nitrogens is 2. The molecular weight excluding hydrogens is 462 g/mol. The van der Waals surface area contributed by atoms with Gasteiger partial charge in [0, 0.05) is 28.4 Å². The molecule has 1 aliphatic rings. The third kappa shape index (κ3) is 3.77. The quantitative estimate of drug-likeness (QED) is 0.412. The standard InChI is InChI=1S/C19H18FIN4O2/c1-25-16-6-7-22-9-13(16)17(23-15-5-4-12(21)8-14(15)20)18(25)19(26)24-27-10-11-2-3-11/h4-9,11,23H,2-3,10H2,1H3,(H,24,26). The van der Waals surface area contributed by atoms with Crippen molar-refractivity contribution in [2.75, 3.05) is 11.9 Å². The molecule has 2 heterocycles. The lowest BCUT2D eigenvalue weighted by Crippen LogP contribution is -2.27. The van der Waals surface area contributed by atoms with E-state index in [9.17, 15) is 9.18 Å². The van der Waals surface area contributed by atoms with Crippen molar-refractivity contribution < 1.29 is 14.0 Å². The number of hydrogen-bond acceptors (Lipinski definition) is 4. The van der Waals surface area contributed by atoms with Gasteiger partial charge in [-0.2, -0.15) is 0 Å². The van der Waals surface area contributed by atoms with Crippen LogP contribution in [0.3, 0.4) is 0 Å². The van der Waals surface area contributed by atoms with Crippen LogP contribution in [0.4, 0.5) is 15.8 Å². The van der Waals surface area contributed by atoms with Crippen molar-refractivity contribution in [2.45, 2.75) is 12.8 Å². The van der Waals surface area contributed by atoms with Gasteiger partial charge < -0.3 is 9.88 Å². The van der Waals surface area contributed by atoms with Crippen LogP contribution >= 0.6 is 22.6 Å². The van der Waals surface area contributed by atoms with E-state index in [4.69, 9.17) is 4.84 Å². The molecule has 3 aromatic rings. The first-order chi connectivity index (χ1) is 13.0. The van der Waals surface area contributed by atoms with Gasteiger partial charge in [-0.15, -0.1) is 0 Å². The Bertz CT molecular complexity index is 1020. The molecule has 1 fully saturated rings. The average molecular weight is 480 g/mol. The third-order valence-corrected chi connectivity index (χ3v) is 5.26. The van der Waals surface area contributed by atoms with Gasteiger partial charge >= 0.3 is 0 Å². The van der Waals surface area contributed by atoms with Crippen molar-refractivity contribution in [1.29, 1.82) is 0 Å². The van der Waals surface area contributed by atoms with Gasteiger partial charge in [0.1, 0.15) is 11.5 Å². The van der Waals surface area contributed by atoms with Crippen molar-refractivity contribution in [3.8, 4) is 0 Å². The van der Waals surface area contributed by atoms with Crippen molar-refractivity contribution >= 4 is 50.8 Å². The molecule has 2 aromatic heterocycles. The molecule has 0 bridgehead atoms. The van der Waals surface area contributed by atoms with Crippen LogP contribution in [0, 0.1) is 15.3 Å². The number of anilines is 2. The van der Waals surface area contributed by atoms with Crippen LogP contribution in [0.15, 0.2) is 36.7 Å². The van der Waals surface area contributed by atoms with Crippen LogP contribution < -0.4 is 10.8 Å². The molecule has 0 spiro atoms. The van der Waals surface area contributed by atoms with Gasteiger partial charge in [-0.3, -0.25) is 14.6 Å². The van der Waals surface area contributed by atoms with Crippen molar-refractivity contribution in [3.63, 3.8) is 0 Å². The Labute approximate surface area is 169 Å². The van der Waals surface area contributed by atoms with E-state index < -0.39 is 0 Å². The Morgan fingerprint density at radius 1 is 1.41 bits per heavy atom. The number of fused-ring (bicyclic) bond motifs is 1. The number of hydrogen-bond donors (Lipinski definition) is 2. The Morgan fingerprint density at radius 2 is 2.22 bits per heavy atom. The van der Waals surface area contributed by atoms with Gasteiger partial charge in [0.2, 0.25) is 0 Å². The highest BCUT2D eigenvalue weighted by Crippen LogP contribution is 2.33. The van der Waals surface area contributed by atoms with Gasteiger partial charge in [0.15, 0.2) is 0 Å². The first kappa shape index (κ1) is 18.2. The summed E-state index contributed by atoms with van der Waals surface area (Å²) in [5.41, 5.74) is 4.46. The Kier molecular flexibility index (Phi) is 5.00. The molecule has 2 N–H and O–H groups in total. The highest BCUT2D eigenvalue weighted by Gasteiger charge is 2.25. The van der Waals surface area contributed by atoms with Gasteiger partial charge in [0.25, 0.3) is 5.91 Å². The summed E-state index contributed by atoms with van der Waals surface area (Å²) in [6, 6.07) is 6.70. The fourth-order valence-electron chi connectivity index (χ4n) is 2.96. The minimum atomic E-state index is -0.390. The van der Waals surface area contributed by atoms with Crippen LogP contribution in [-0.2, 0) is 11.9 Å². The zero-order chi connectivity index (χ0) is 19.0. The number of rotatable bonds is 6. The largest absolute Gasteiger partial charge is 0.351 e. The third-order valence-electron chi connectivity index (χ3n) is 4.59. The number of pyridine rings is 1. The molecule has 0 unspecified atom stereocenters. The van der Waals surface area contributed by atoms with Gasteiger partial charge in [-0.05, 0) is 65.6 Å². The van der Waals surface area contributed by atoms with E-state index >= 15 is 0 Å². The number of nitrogens with one attached hydrogen (secondary N) is 2. The number of carbonyl (C=O) groups excluding carboxylic acids is 1. The van der Waals surface area contributed by atoms with E-state index in [0.717, 1.165) is 27.3 Å². The number of aryl methyl sites for hydroxylation is 1. The highest BCUT2D eigenvalue weighted by molar-refractivity contribution is 14.1. The molecule has 1 aliphatic carbocycles.